The van der Waals surface area contributed by atoms with Crippen molar-refractivity contribution in [1.82, 2.24) is 0 Å². The molecule has 1 heterocycles. The third kappa shape index (κ3) is 3.96. The molecule has 2 nitrogen and oxygen atoms in total. The highest BCUT2D eigenvalue weighted by Crippen LogP contribution is 2.20. The van der Waals surface area contributed by atoms with Crippen LogP contribution in [-0.4, -0.2) is 0 Å². The van der Waals surface area contributed by atoms with E-state index in [1.807, 2.05) is 48.5 Å². The first-order chi connectivity index (χ1) is 12.3. The lowest BCUT2D eigenvalue weighted by Crippen LogP contribution is -1.73. The largest absolute Gasteiger partial charge is 0.237 e. The summed E-state index contributed by atoms with van der Waals surface area (Å²) in [4.78, 5) is 8.73. The highest BCUT2D eigenvalue weighted by atomic mass is 32.1. The SMILES string of the molecule is [C-]#[N+]c1ccccc1C#Cc1ccc(C#Cc2ccccc2[N+]#[C-])s1. The summed E-state index contributed by atoms with van der Waals surface area (Å²) < 4.78 is 0. The molecule has 0 bridgehead atoms. The van der Waals surface area contributed by atoms with Crippen LogP contribution >= 0.6 is 11.3 Å². The van der Waals surface area contributed by atoms with Crippen LogP contribution in [0.2, 0.25) is 0 Å². The van der Waals surface area contributed by atoms with Crippen LogP contribution in [0, 0.1) is 36.8 Å². The van der Waals surface area contributed by atoms with E-state index in [0.29, 0.717) is 11.4 Å². The van der Waals surface area contributed by atoms with E-state index in [1.165, 1.54) is 11.3 Å². The summed E-state index contributed by atoms with van der Waals surface area (Å²) in [5.74, 6) is 12.3. The van der Waals surface area contributed by atoms with Crippen molar-refractivity contribution in [2.75, 3.05) is 0 Å². The van der Waals surface area contributed by atoms with Gasteiger partial charge in [0.25, 0.3) is 0 Å². The Morgan fingerprint density at radius 3 is 1.48 bits per heavy atom. The maximum Gasteiger partial charge on any atom is 0.202 e. The lowest BCUT2D eigenvalue weighted by Gasteiger charge is -1.92. The van der Waals surface area contributed by atoms with Crippen molar-refractivity contribution in [3.63, 3.8) is 0 Å². The topological polar surface area (TPSA) is 8.72 Å². The zero-order valence-corrected chi connectivity index (χ0v) is 13.9. The molecule has 0 aliphatic carbocycles. The van der Waals surface area contributed by atoms with Crippen molar-refractivity contribution < 1.29 is 0 Å². The van der Waals surface area contributed by atoms with Gasteiger partial charge < -0.3 is 0 Å². The van der Waals surface area contributed by atoms with Crippen molar-refractivity contribution in [1.29, 1.82) is 0 Å². The minimum absolute atomic E-state index is 0.558. The summed E-state index contributed by atoms with van der Waals surface area (Å²) in [5.41, 5.74) is 2.57. The first kappa shape index (κ1) is 16.1. The molecule has 0 saturated carbocycles. The second-order valence-electron chi connectivity index (χ2n) is 4.92. The summed E-state index contributed by atoms with van der Waals surface area (Å²) >= 11 is 1.50. The minimum atomic E-state index is 0.558. The molecule has 0 saturated heterocycles. The van der Waals surface area contributed by atoms with Gasteiger partial charge in [-0.3, -0.25) is 0 Å². The Morgan fingerprint density at radius 2 is 1.04 bits per heavy atom. The van der Waals surface area contributed by atoms with Gasteiger partial charge in [0.05, 0.1) is 22.9 Å². The molecule has 0 aliphatic heterocycles. The summed E-state index contributed by atoms with van der Waals surface area (Å²) in [6.45, 7) is 14.3. The van der Waals surface area contributed by atoms with Crippen molar-refractivity contribution >= 4 is 22.7 Å². The summed E-state index contributed by atoms with van der Waals surface area (Å²) in [5, 5.41) is 0. The number of nitrogens with zero attached hydrogens (tertiary/aromatic N) is 2. The summed E-state index contributed by atoms with van der Waals surface area (Å²) in [6.07, 6.45) is 0. The molecule has 0 N–H and O–H groups in total. The fourth-order valence-electron chi connectivity index (χ4n) is 2.08. The highest BCUT2D eigenvalue weighted by Gasteiger charge is 1.99. The van der Waals surface area contributed by atoms with Crippen LogP contribution in [0.15, 0.2) is 60.7 Å². The number of thiophene rings is 1. The molecule has 3 heteroatoms. The summed E-state index contributed by atoms with van der Waals surface area (Å²) in [6, 6.07) is 18.5. The molecule has 2 aromatic carbocycles. The maximum absolute atomic E-state index is 7.16. The fourth-order valence-corrected chi connectivity index (χ4v) is 2.80. The number of rotatable bonds is 0. The quantitative estimate of drug-likeness (QED) is 0.371. The predicted octanol–water partition coefficient (Wildman–Crippen LogP) is 5.65. The van der Waals surface area contributed by atoms with Crippen LogP contribution in [0.5, 0.6) is 0 Å². The second kappa shape index (κ2) is 7.68. The Morgan fingerprint density at radius 1 is 0.600 bits per heavy atom. The molecular weight excluding hydrogens is 324 g/mol. The first-order valence-electron chi connectivity index (χ1n) is 7.37. The molecule has 0 amide bonds. The highest BCUT2D eigenvalue weighted by molar-refractivity contribution is 7.13. The Labute approximate surface area is 151 Å². The fraction of sp³-hybridized carbons (Fsp3) is 0. The van der Waals surface area contributed by atoms with Gasteiger partial charge in [-0.2, -0.15) is 0 Å². The monoisotopic (exact) mass is 334 g/mol. The molecule has 0 fully saturated rings. The van der Waals surface area contributed by atoms with E-state index in [9.17, 15) is 0 Å². The molecule has 3 rings (SSSR count). The van der Waals surface area contributed by atoms with Crippen LogP contribution in [-0.2, 0) is 0 Å². The minimum Gasteiger partial charge on any atom is -0.237 e. The average molecular weight is 334 g/mol. The zero-order chi connectivity index (χ0) is 17.5. The third-order valence-corrected chi connectivity index (χ3v) is 4.21. The normalized spacial score (nSPS) is 8.88. The zero-order valence-electron chi connectivity index (χ0n) is 13.1. The van der Waals surface area contributed by atoms with Crippen molar-refractivity contribution in [3.8, 4) is 23.7 Å². The van der Waals surface area contributed by atoms with Crippen LogP contribution in [0.4, 0.5) is 11.4 Å². The van der Waals surface area contributed by atoms with Gasteiger partial charge in [-0.25, -0.2) is 9.69 Å². The predicted molar refractivity (Wildman–Crippen MR) is 102 cm³/mol. The first-order valence-corrected chi connectivity index (χ1v) is 8.18. The Balaban J connectivity index is 1.84. The van der Waals surface area contributed by atoms with E-state index in [1.54, 1.807) is 12.1 Å². The molecular formula is C22H10N2S. The number of hydrogen-bond acceptors (Lipinski definition) is 1. The van der Waals surface area contributed by atoms with Crippen molar-refractivity contribution in [2.45, 2.75) is 0 Å². The van der Waals surface area contributed by atoms with Gasteiger partial charge in [0.2, 0.25) is 11.4 Å². The maximum atomic E-state index is 7.16. The van der Waals surface area contributed by atoms with Crippen molar-refractivity contribution in [3.05, 3.63) is 104 Å². The smallest absolute Gasteiger partial charge is 0.202 e. The molecule has 3 aromatic rings. The van der Waals surface area contributed by atoms with E-state index in [2.05, 4.69) is 33.4 Å². The van der Waals surface area contributed by atoms with Gasteiger partial charge in [0, 0.05) is 11.1 Å². The van der Waals surface area contributed by atoms with Crippen LogP contribution < -0.4 is 0 Å². The van der Waals surface area contributed by atoms with Crippen molar-refractivity contribution in [2.24, 2.45) is 0 Å². The van der Waals surface area contributed by atoms with Gasteiger partial charge in [0.15, 0.2) is 0 Å². The van der Waals surface area contributed by atoms with Gasteiger partial charge in [-0.1, -0.05) is 72.2 Å². The van der Waals surface area contributed by atoms with E-state index in [0.717, 1.165) is 20.9 Å². The van der Waals surface area contributed by atoms with E-state index >= 15 is 0 Å². The molecule has 114 valence electrons. The molecule has 0 unspecified atom stereocenters. The van der Waals surface area contributed by atoms with Crippen LogP contribution in [0.1, 0.15) is 20.9 Å². The lowest BCUT2D eigenvalue weighted by atomic mass is 10.2. The molecule has 0 atom stereocenters. The average Bonchev–Trinajstić information content (AvgIpc) is 3.13. The molecule has 0 aliphatic rings. The van der Waals surface area contributed by atoms with Crippen LogP contribution in [0.25, 0.3) is 9.69 Å². The number of para-hydroxylation sites is 2. The molecule has 1 aromatic heterocycles. The Bertz CT molecular complexity index is 1040. The third-order valence-electron chi connectivity index (χ3n) is 3.30. The van der Waals surface area contributed by atoms with Gasteiger partial charge >= 0.3 is 0 Å². The van der Waals surface area contributed by atoms with Gasteiger partial charge in [0.1, 0.15) is 0 Å². The lowest BCUT2D eigenvalue weighted by molar-refractivity contribution is 1.66. The molecule has 25 heavy (non-hydrogen) atoms. The van der Waals surface area contributed by atoms with Crippen LogP contribution in [0.3, 0.4) is 0 Å². The standard InChI is InChI=1S/C22H10N2S/c1-23-21-9-5-3-7-17(21)11-13-19-15-16-20(25-19)14-12-18-8-4-6-10-22(18)24-2/h3-10,15-16H. The number of benzene rings is 2. The molecule has 0 spiro atoms. The summed E-state index contributed by atoms with van der Waals surface area (Å²) in [7, 11) is 0. The second-order valence-corrected chi connectivity index (χ2v) is 6.01. The Kier molecular flexibility index (Phi) is 4.95. The van der Waals surface area contributed by atoms with Gasteiger partial charge in [-0.05, 0) is 12.1 Å². The van der Waals surface area contributed by atoms with Gasteiger partial charge in [-0.15, -0.1) is 11.3 Å². The van der Waals surface area contributed by atoms with E-state index in [4.69, 9.17) is 13.1 Å². The number of hydrogen-bond donors (Lipinski definition) is 0. The van der Waals surface area contributed by atoms with E-state index < -0.39 is 0 Å². The van der Waals surface area contributed by atoms with E-state index in [-0.39, 0.29) is 0 Å². The molecule has 0 radical (unpaired) electrons. The Hall–Kier alpha value is -3.76.